The first kappa shape index (κ1) is 13.4. The van der Waals surface area contributed by atoms with Crippen LogP contribution >= 0.6 is 0 Å². The van der Waals surface area contributed by atoms with Gasteiger partial charge in [-0.1, -0.05) is 6.07 Å². The van der Waals surface area contributed by atoms with E-state index in [1.54, 1.807) is 7.11 Å². The summed E-state index contributed by atoms with van der Waals surface area (Å²) in [5.41, 5.74) is 3.95. The van der Waals surface area contributed by atoms with Crippen LogP contribution in [0.4, 0.5) is 0 Å². The Kier molecular flexibility index (Phi) is 4.25. The summed E-state index contributed by atoms with van der Waals surface area (Å²) in [5.74, 6) is 1.02. The number of piperazine rings is 1. The van der Waals surface area contributed by atoms with Crippen LogP contribution in [0.3, 0.4) is 0 Å². The van der Waals surface area contributed by atoms with E-state index in [1.165, 1.54) is 16.7 Å². The molecule has 1 heterocycles. The van der Waals surface area contributed by atoms with Crippen LogP contribution in [0.15, 0.2) is 12.1 Å². The van der Waals surface area contributed by atoms with Crippen molar-refractivity contribution in [3.05, 3.63) is 28.8 Å². The molecule has 1 atom stereocenters. The van der Waals surface area contributed by atoms with Gasteiger partial charge in [0.15, 0.2) is 0 Å². The Balaban J connectivity index is 2.14. The summed E-state index contributed by atoms with van der Waals surface area (Å²) in [4.78, 5) is 2.38. The summed E-state index contributed by atoms with van der Waals surface area (Å²) in [6.07, 6.45) is 1.04. The zero-order valence-corrected chi connectivity index (χ0v) is 11.9. The lowest BCUT2D eigenvalue weighted by Gasteiger charge is -2.31. The number of aryl methyl sites for hydroxylation is 2. The van der Waals surface area contributed by atoms with E-state index in [0.717, 1.165) is 31.8 Å². The lowest BCUT2D eigenvalue weighted by atomic mass is 9.98. The Bertz CT molecular complexity index is 417. The minimum atomic E-state index is 0.528. The van der Waals surface area contributed by atoms with Crippen molar-refractivity contribution < 1.29 is 4.74 Å². The van der Waals surface area contributed by atoms with Gasteiger partial charge in [0, 0.05) is 25.7 Å². The number of nitrogens with one attached hydrogen (secondary N) is 1. The number of ether oxygens (including phenoxy) is 1. The molecule has 1 aromatic carbocycles. The second-order valence-corrected chi connectivity index (χ2v) is 5.37. The van der Waals surface area contributed by atoms with Gasteiger partial charge >= 0.3 is 0 Å². The second kappa shape index (κ2) is 5.72. The minimum Gasteiger partial charge on any atom is -0.496 e. The summed E-state index contributed by atoms with van der Waals surface area (Å²) in [6, 6.07) is 4.95. The Hall–Kier alpha value is -1.06. The first-order valence-electron chi connectivity index (χ1n) is 6.66. The summed E-state index contributed by atoms with van der Waals surface area (Å²) < 4.78 is 5.51. The molecular weight excluding hydrogens is 224 g/mol. The highest BCUT2D eigenvalue weighted by atomic mass is 16.5. The van der Waals surface area contributed by atoms with E-state index in [4.69, 9.17) is 4.74 Å². The SMILES string of the molecule is COc1cc(C)c(C)cc1CC1CN(C)CCN1. The highest BCUT2D eigenvalue weighted by molar-refractivity contribution is 5.42. The van der Waals surface area contributed by atoms with Gasteiger partial charge in [0.25, 0.3) is 0 Å². The standard InChI is InChI=1S/C15H24N2O/c1-11-7-13(15(18-4)8-12(11)2)9-14-10-17(3)6-5-16-14/h7-8,14,16H,5-6,9-10H2,1-4H3. The van der Waals surface area contributed by atoms with Crippen LogP contribution in [0.5, 0.6) is 5.75 Å². The average molecular weight is 248 g/mol. The molecule has 0 spiro atoms. The second-order valence-electron chi connectivity index (χ2n) is 5.37. The number of benzene rings is 1. The Morgan fingerprint density at radius 3 is 2.72 bits per heavy atom. The molecule has 18 heavy (non-hydrogen) atoms. The highest BCUT2D eigenvalue weighted by Gasteiger charge is 2.18. The predicted octanol–water partition coefficient (Wildman–Crippen LogP) is 1.76. The largest absolute Gasteiger partial charge is 0.496 e. The van der Waals surface area contributed by atoms with Gasteiger partial charge in [-0.05, 0) is 50.1 Å². The maximum absolute atomic E-state index is 5.51. The molecule has 0 radical (unpaired) electrons. The van der Waals surface area contributed by atoms with Crippen LogP contribution in [-0.4, -0.2) is 44.7 Å². The van der Waals surface area contributed by atoms with Gasteiger partial charge in [0.1, 0.15) is 5.75 Å². The van der Waals surface area contributed by atoms with Crippen LogP contribution in [0.2, 0.25) is 0 Å². The van der Waals surface area contributed by atoms with Gasteiger partial charge in [0.05, 0.1) is 7.11 Å². The molecule has 100 valence electrons. The summed E-state index contributed by atoms with van der Waals surface area (Å²) in [5, 5.41) is 3.59. The van der Waals surface area contributed by atoms with Gasteiger partial charge in [-0.15, -0.1) is 0 Å². The first-order valence-corrected chi connectivity index (χ1v) is 6.66. The number of rotatable bonds is 3. The molecule has 3 heteroatoms. The fourth-order valence-electron chi connectivity index (χ4n) is 2.59. The topological polar surface area (TPSA) is 24.5 Å². The van der Waals surface area contributed by atoms with Gasteiger partial charge in [-0.3, -0.25) is 0 Å². The van der Waals surface area contributed by atoms with E-state index in [-0.39, 0.29) is 0 Å². The number of nitrogens with zero attached hydrogens (tertiary/aromatic N) is 1. The van der Waals surface area contributed by atoms with Crippen LogP contribution in [0, 0.1) is 13.8 Å². The van der Waals surface area contributed by atoms with Crippen molar-refractivity contribution in [3.63, 3.8) is 0 Å². The van der Waals surface area contributed by atoms with Crippen molar-refractivity contribution in [2.45, 2.75) is 26.3 Å². The molecule has 1 saturated heterocycles. The highest BCUT2D eigenvalue weighted by Crippen LogP contribution is 2.24. The smallest absolute Gasteiger partial charge is 0.122 e. The molecule has 0 amide bonds. The van der Waals surface area contributed by atoms with Crippen molar-refractivity contribution >= 4 is 0 Å². The number of hydrogen-bond acceptors (Lipinski definition) is 3. The van der Waals surface area contributed by atoms with Crippen LogP contribution in [-0.2, 0) is 6.42 Å². The minimum absolute atomic E-state index is 0.528. The van der Waals surface area contributed by atoms with E-state index < -0.39 is 0 Å². The third-order valence-electron chi connectivity index (χ3n) is 3.82. The predicted molar refractivity (Wildman–Crippen MR) is 75.5 cm³/mol. The van der Waals surface area contributed by atoms with E-state index in [1.807, 2.05) is 0 Å². The molecular formula is C15H24N2O. The molecule has 0 saturated carbocycles. The van der Waals surface area contributed by atoms with Crippen molar-refractivity contribution in [1.29, 1.82) is 0 Å². The van der Waals surface area contributed by atoms with Crippen LogP contribution in [0.1, 0.15) is 16.7 Å². The third kappa shape index (κ3) is 3.03. The molecule has 0 aliphatic carbocycles. The van der Waals surface area contributed by atoms with E-state index in [0.29, 0.717) is 6.04 Å². The maximum Gasteiger partial charge on any atom is 0.122 e. The number of hydrogen-bond donors (Lipinski definition) is 1. The molecule has 1 N–H and O–H groups in total. The fourth-order valence-corrected chi connectivity index (χ4v) is 2.59. The number of likely N-dealkylation sites (N-methyl/N-ethyl adjacent to an activating group) is 1. The zero-order valence-electron chi connectivity index (χ0n) is 11.9. The summed E-state index contributed by atoms with van der Waals surface area (Å²) in [7, 11) is 3.94. The lowest BCUT2D eigenvalue weighted by molar-refractivity contribution is 0.237. The van der Waals surface area contributed by atoms with Crippen molar-refractivity contribution in [2.75, 3.05) is 33.8 Å². The molecule has 0 bridgehead atoms. The summed E-state index contributed by atoms with van der Waals surface area (Å²) in [6.45, 7) is 7.62. The molecule has 1 aliphatic rings. The van der Waals surface area contributed by atoms with E-state index in [2.05, 4.69) is 43.2 Å². The lowest BCUT2D eigenvalue weighted by Crippen LogP contribution is -2.49. The molecule has 2 rings (SSSR count). The van der Waals surface area contributed by atoms with Crippen molar-refractivity contribution in [3.8, 4) is 5.75 Å². The van der Waals surface area contributed by atoms with Crippen LogP contribution < -0.4 is 10.1 Å². The van der Waals surface area contributed by atoms with Gasteiger partial charge in [-0.2, -0.15) is 0 Å². The monoisotopic (exact) mass is 248 g/mol. The maximum atomic E-state index is 5.51. The normalized spacial score (nSPS) is 21.0. The molecule has 3 nitrogen and oxygen atoms in total. The quantitative estimate of drug-likeness (QED) is 0.882. The number of methoxy groups -OCH3 is 1. The van der Waals surface area contributed by atoms with Gasteiger partial charge in [0.2, 0.25) is 0 Å². The third-order valence-corrected chi connectivity index (χ3v) is 3.82. The Labute approximate surface area is 110 Å². The van der Waals surface area contributed by atoms with Gasteiger partial charge in [-0.25, -0.2) is 0 Å². The van der Waals surface area contributed by atoms with Crippen LogP contribution in [0.25, 0.3) is 0 Å². The molecule has 1 unspecified atom stereocenters. The van der Waals surface area contributed by atoms with E-state index in [9.17, 15) is 0 Å². The van der Waals surface area contributed by atoms with Crippen molar-refractivity contribution in [1.82, 2.24) is 10.2 Å². The molecule has 1 fully saturated rings. The molecule has 0 aromatic heterocycles. The zero-order chi connectivity index (χ0) is 13.1. The van der Waals surface area contributed by atoms with Crippen molar-refractivity contribution in [2.24, 2.45) is 0 Å². The first-order chi connectivity index (χ1) is 8.60. The summed E-state index contributed by atoms with van der Waals surface area (Å²) >= 11 is 0. The fraction of sp³-hybridized carbons (Fsp3) is 0.600. The Morgan fingerprint density at radius 2 is 2.06 bits per heavy atom. The van der Waals surface area contributed by atoms with E-state index >= 15 is 0 Å². The molecule has 1 aliphatic heterocycles. The van der Waals surface area contributed by atoms with Gasteiger partial charge < -0.3 is 15.0 Å². The molecule has 1 aromatic rings. The Morgan fingerprint density at radius 1 is 1.33 bits per heavy atom. The average Bonchev–Trinajstić information content (AvgIpc) is 2.33.